The number of nitrogens with zero attached hydrogens (tertiary/aromatic N) is 2. The Hall–Kier alpha value is -3.52. The van der Waals surface area contributed by atoms with E-state index >= 15 is 0 Å². The molecule has 0 bridgehead atoms. The van der Waals surface area contributed by atoms with Crippen LogP contribution < -0.4 is 4.74 Å². The average molecular weight is 770 g/mol. The molecule has 9 nitrogen and oxygen atoms in total. The highest BCUT2D eigenvalue weighted by atomic mass is 79.9. The van der Waals surface area contributed by atoms with Gasteiger partial charge in [0.1, 0.15) is 12.3 Å². The second-order valence-electron chi connectivity index (χ2n) is 13.4. The number of aliphatic carboxylic acids is 1. The van der Waals surface area contributed by atoms with Crippen molar-refractivity contribution in [1.29, 1.82) is 0 Å². The number of nitro groups is 1. The van der Waals surface area contributed by atoms with Gasteiger partial charge in [-0.15, -0.1) is 0 Å². The number of alkyl halides is 3. The van der Waals surface area contributed by atoms with Crippen molar-refractivity contribution >= 4 is 55.1 Å². The Labute approximate surface area is 278 Å². The minimum atomic E-state index is -4.84. The fourth-order valence-electron chi connectivity index (χ4n) is 6.62. The summed E-state index contributed by atoms with van der Waals surface area (Å²) in [5, 5.41) is 21.8. The molecule has 1 aliphatic heterocycles. The van der Waals surface area contributed by atoms with E-state index in [0.717, 1.165) is 6.07 Å². The van der Waals surface area contributed by atoms with E-state index in [0.29, 0.717) is 40.8 Å². The molecule has 5 rings (SSSR count). The zero-order valence-electron chi connectivity index (χ0n) is 25.2. The summed E-state index contributed by atoms with van der Waals surface area (Å²) in [4.78, 5) is 52.8. The molecule has 1 N–H and O–H groups in total. The van der Waals surface area contributed by atoms with Crippen molar-refractivity contribution in [2.45, 2.75) is 65.5 Å². The van der Waals surface area contributed by atoms with Crippen LogP contribution in [0.3, 0.4) is 0 Å². The van der Waals surface area contributed by atoms with Crippen LogP contribution in [0.25, 0.3) is 0 Å². The molecule has 0 unspecified atom stereocenters. The number of carbonyl (C=O) groups is 3. The molecule has 0 radical (unpaired) electrons. The van der Waals surface area contributed by atoms with Crippen LogP contribution in [0.15, 0.2) is 61.8 Å². The quantitative estimate of drug-likeness (QED) is 0.229. The van der Waals surface area contributed by atoms with E-state index < -0.39 is 57.4 Å². The van der Waals surface area contributed by atoms with Crippen LogP contribution in [0.2, 0.25) is 0 Å². The van der Waals surface area contributed by atoms with Crippen molar-refractivity contribution < 1.29 is 42.3 Å². The summed E-state index contributed by atoms with van der Waals surface area (Å²) < 4.78 is 47.1. The highest BCUT2D eigenvalue weighted by Gasteiger charge is 2.50. The lowest BCUT2D eigenvalue weighted by Crippen LogP contribution is -2.45. The Morgan fingerprint density at radius 2 is 1.54 bits per heavy atom. The van der Waals surface area contributed by atoms with Crippen molar-refractivity contribution in [3.8, 4) is 11.5 Å². The van der Waals surface area contributed by atoms with Crippen LogP contribution in [0.4, 0.5) is 18.9 Å². The molecule has 3 aliphatic rings. The second kappa shape index (κ2) is 11.6. The summed E-state index contributed by atoms with van der Waals surface area (Å²) in [6.45, 7) is 7.13. The molecule has 46 heavy (non-hydrogen) atoms. The number of ether oxygens (including phenoxy) is 1. The second-order valence-corrected chi connectivity index (χ2v) is 15.1. The number of halogens is 5. The number of rotatable bonds is 6. The molecule has 244 valence electrons. The lowest BCUT2D eigenvalue weighted by atomic mass is 9.63. The van der Waals surface area contributed by atoms with Gasteiger partial charge >= 0.3 is 17.8 Å². The van der Waals surface area contributed by atoms with Crippen molar-refractivity contribution in [3.05, 3.63) is 83.1 Å². The fourth-order valence-corrected chi connectivity index (χ4v) is 7.96. The van der Waals surface area contributed by atoms with Gasteiger partial charge in [-0.2, -0.15) is 13.2 Å². The van der Waals surface area contributed by atoms with E-state index in [2.05, 4.69) is 31.9 Å². The average Bonchev–Trinajstić information content (AvgIpc) is 2.88. The minimum absolute atomic E-state index is 0.0447. The summed E-state index contributed by atoms with van der Waals surface area (Å²) in [6.07, 6.45) is -3.95. The highest BCUT2D eigenvalue weighted by Crippen LogP contribution is 2.57. The monoisotopic (exact) mass is 768 g/mol. The zero-order chi connectivity index (χ0) is 34.1. The molecule has 2 aliphatic carbocycles. The first kappa shape index (κ1) is 33.8. The van der Waals surface area contributed by atoms with Gasteiger partial charge in [0.2, 0.25) is 5.75 Å². The molecule has 0 fully saturated rings. The normalized spacial score (nSPS) is 19.6. The Kier molecular flexibility index (Phi) is 8.55. The summed E-state index contributed by atoms with van der Waals surface area (Å²) in [6, 6.07) is 5.07. The largest absolute Gasteiger partial charge is 0.480 e. The van der Waals surface area contributed by atoms with Crippen molar-refractivity contribution in [1.82, 2.24) is 4.90 Å². The molecule has 0 amide bonds. The smallest absolute Gasteiger partial charge is 0.416 e. The molecule has 0 atom stereocenters. The van der Waals surface area contributed by atoms with Gasteiger partial charge in [0, 0.05) is 57.4 Å². The van der Waals surface area contributed by atoms with E-state index in [1.54, 1.807) is 17.0 Å². The highest BCUT2D eigenvalue weighted by molar-refractivity contribution is 9.11. The van der Waals surface area contributed by atoms with Gasteiger partial charge in [0.15, 0.2) is 11.6 Å². The van der Waals surface area contributed by atoms with Crippen molar-refractivity contribution in [2.24, 2.45) is 10.8 Å². The summed E-state index contributed by atoms with van der Waals surface area (Å²) in [7, 11) is 0. The number of carbonyl (C=O) groups excluding carboxylic acids is 2. The van der Waals surface area contributed by atoms with Gasteiger partial charge in [0.25, 0.3) is 0 Å². The maximum absolute atomic E-state index is 14.1. The lowest BCUT2D eigenvalue weighted by molar-refractivity contribution is -0.385. The number of ketones is 2. The first-order valence-electron chi connectivity index (χ1n) is 14.2. The molecule has 2 aromatic rings. The third-order valence-corrected chi connectivity index (χ3v) is 9.41. The Balaban J connectivity index is 1.80. The number of Topliss-reactive ketones (excluding diaryl/α,β-unsaturated/α-hetero) is 2. The van der Waals surface area contributed by atoms with E-state index in [4.69, 9.17) is 4.74 Å². The standard InChI is InChI=1S/C32H29Br2F3N2O7/c1-30(2)10-20-27(22(40)12-30)26(28-21(38(20)14-25(42)43)11-31(3,4)13-23(28)41)17-8-16(33)9-18(34)29(17)46-24-6-5-15(32(35,36)37)7-19(24)39(44)45/h5-9,26H,10-14H2,1-4H3,(H,42,43). The number of carboxylic acids is 1. The lowest BCUT2D eigenvalue weighted by Gasteiger charge is -2.48. The van der Waals surface area contributed by atoms with Crippen LogP contribution >= 0.6 is 31.9 Å². The molecule has 2 aromatic carbocycles. The Morgan fingerprint density at radius 3 is 2.02 bits per heavy atom. The third-order valence-electron chi connectivity index (χ3n) is 8.36. The Morgan fingerprint density at radius 1 is 1.00 bits per heavy atom. The minimum Gasteiger partial charge on any atom is -0.480 e. The van der Waals surface area contributed by atoms with E-state index in [9.17, 15) is 42.8 Å². The van der Waals surface area contributed by atoms with Gasteiger partial charge in [-0.05, 0) is 63.9 Å². The molecule has 0 saturated carbocycles. The number of carboxylic acid groups (broad SMARTS) is 1. The molecular formula is C32H29Br2F3N2O7. The maximum atomic E-state index is 14.1. The summed E-state index contributed by atoms with van der Waals surface area (Å²) >= 11 is 6.87. The number of benzene rings is 2. The predicted molar refractivity (Wildman–Crippen MR) is 167 cm³/mol. The van der Waals surface area contributed by atoms with Crippen LogP contribution in [0, 0.1) is 20.9 Å². The summed E-state index contributed by atoms with van der Waals surface area (Å²) in [5.41, 5.74) is -1.57. The first-order chi connectivity index (χ1) is 21.2. The van der Waals surface area contributed by atoms with Crippen LogP contribution in [-0.2, 0) is 20.6 Å². The third kappa shape index (κ3) is 6.38. The number of allylic oxidation sites excluding steroid dienone is 4. The van der Waals surface area contributed by atoms with Gasteiger partial charge in [-0.3, -0.25) is 24.5 Å². The van der Waals surface area contributed by atoms with Gasteiger partial charge in [0.05, 0.1) is 15.0 Å². The number of hydrogen-bond donors (Lipinski definition) is 1. The molecule has 0 saturated heterocycles. The van der Waals surface area contributed by atoms with Crippen LogP contribution in [0.5, 0.6) is 11.5 Å². The molecule has 14 heteroatoms. The summed E-state index contributed by atoms with van der Waals surface area (Å²) in [5.74, 6) is -3.30. The molecule has 0 spiro atoms. The van der Waals surface area contributed by atoms with E-state index in [-0.39, 0.29) is 51.3 Å². The van der Waals surface area contributed by atoms with Gasteiger partial charge in [-0.1, -0.05) is 43.6 Å². The van der Waals surface area contributed by atoms with Crippen molar-refractivity contribution in [3.63, 3.8) is 0 Å². The topological polar surface area (TPSA) is 127 Å². The molecule has 1 heterocycles. The maximum Gasteiger partial charge on any atom is 0.416 e. The fraction of sp³-hybridized carbons (Fsp3) is 0.406. The van der Waals surface area contributed by atoms with Crippen molar-refractivity contribution in [2.75, 3.05) is 6.54 Å². The van der Waals surface area contributed by atoms with E-state index in [1.165, 1.54) is 0 Å². The van der Waals surface area contributed by atoms with Crippen LogP contribution in [-0.4, -0.2) is 39.0 Å². The molecule has 0 aromatic heterocycles. The predicted octanol–water partition coefficient (Wildman–Crippen LogP) is 8.70. The first-order valence-corrected chi connectivity index (χ1v) is 15.8. The van der Waals surface area contributed by atoms with Gasteiger partial charge in [-0.25, -0.2) is 0 Å². The Bertz CT molecular complexity index is 1730. The van der Waals surface area contributed by atoms with Gasteiger partial charge < -0.3 is 14.7 Å². The number of nitro benzene ring substituents is 1. The number of hydrogen-bond acceptors (Lipinski definition) is 7. The SMILES string of the molecule is CC1(C)CC(=O)C2=C(C1)N(CC(=O)O)C1=C(C(=O)CC(C)(C)C1)C2c1cc(Br)cc(Br)c1Oc1ccc(C(F)(F)F)cc1[N+](=O)[O-]. The molecular weight excluding hydrogens is 741 g/mol. The van der Waals surface area contributed by atoms with Crippen LogP contribution in [0.1, 0.15) is 70.4 Å². The zero-order valence-corrected chi connectivity index (χ0v) is 28.4. The van der Waals surface area contributed by atoms with E-state index in [1.807, 2.05) is 27.7 Å².